The van der Waals surface area contributed by atoms with Crippen LogP contribution in [0.15, 0.2) is 0 Å². The van der Waals surface area contributed by atoms with Gasteiger partial charge in [0.05, 0.1) is 12.7 Å². The SMILES string of the molecule is CCN(C)C[C@H]1CN(CC(C)C)CCO1. The van der Waals surface area contributed by atoms with E-state index in [2.05, 4.69) is 37.6 Å². The van der Waals surface area contributed by atoms with Crippen LogP contribution in [0.25, 0.3) is 0 Å². The Balaban J connectivity index is 2.28. The number of nitrogens with zero attached hydrogens (tertiary/aromatic N) is 2. The van der Waals surface area contributed by atoms with Crippen molar-refractivity contribution in [2.75, 3.05) is 46.4 Å². The van der Waals surface area contributed by atoms with E-state index < -0.39 is 0 Å². The Labute approximate surface area is 94.4 Å². The summed E-state index contributed by atoms with van der Waals surface area (Å²) in [6.07, 6.45) is 0.405. The van der Waals surface area contributed by atoms with Crippen molar-refractivity contribution in [1.82, 2.24) is 9.80 Å². The van der Waals surface area contributed by atoms with Gasteiger partial charge < -0.3 is 9.64 Å². The summed E-state index contributed by atoms with van der Waals surface area (Å²) in [6.45, 7) is 13.2. The molecule has 90 valence electrons. The highest BCUT2D eigenvalue weighted by Crippen LogP contribution is 2.08. The van der Waals surface area contributed by atoms with Crippen LogP contribution in [0.4, 0.5) is 0 Å². The van der Waals surface area contributed by atoms with Crippen molar-refractivity contribution in [3.05, 3.63) is 0 Å². The van der Waals surface area contributed by atoms with Crippen molar-refractivity contribution in [2.45, 2.75) is 26.9 Å². The molecule has 1 atom stereocenters. The van der Waals surface area contributed by atoms with Crippen LogP contribution in [0.2, 0.25) is 0 Å². The molecule has 1 heterocycles. The first-order chi connectivity index (χ1) is 7.11. The zero-order valence-corrected chi connectivity index (χ0v) is 10.7. The van der Waals surface area contributed by atoms with Gasteiger partial charge in [0.25, 0.3) is 0 Å². The van der Waals surface area contributed by atoms with Crippen LogP contribution < -0.4 is 0 Å². The van der Waals surface area contributed by atoms with Gasteiger partial charge in [-0.3, -0.25) is 4.90 Å². The topological polar surface area (TPSA) is 15.7 Å². The van der Waals surface area contributed by atoms with E-state index in [1.807, 2.05) is 0 Å². The summed E-state index contributed by atoms with van der Waals surface area (Å²) in [5.74, 6) is 0.757. The largest absolute Gasteiger partial charge is 0.374 e. The molecule has 0 N–H and O–H groups in total. The Hall–Kier alpha value is -0.120. The van der Waals surface area contributed by atoms with Gasteiger partial charge in [0.15, 0.2) is 0 Å². The minimum absolute atomic E-state index is 0.405. The molecule has 0 aliphatic carbocycles. The van der Waals surface area contributed by atoms with Crippen LogP contribution in [-0.4, -0.2) is 62.3 Å². The maximum atomic E-state index is 5.78. The summed E-state index contributed by atoms with van der Waals surface area (Å²) in [5, 5.41) is 0. The molecule has 1 rings (SSSR count). The maximum absolute atomic E-state index is 5.78. The second kappa shape index (κ2) is 6.46. The lowest BCUT2D eigenvalue weighted by Crippen LogP contribution is -2.47. The van der Waals surface area contributed by atoms with Crippen molar-refractivity contribution < 1.29 is 4.74 Å². The van der Waals surface area contributed by atoms with Crippen LogP contribution >= 0.6 is 0 Å². The summed E-state index contributed by atoms with van der Waals surface area (Å²) < 4.78 is 5.78. The summed E-state index contributed by atoms with van der Waals surface area (Å²) in [5.41, 5.74) is 0. The van der Waals surface area contributed by atoms with Crippen LogP contribution in [0.1, 0.15) is 20.8 Å². The van der Waals surface area contributed by atoms with E-state index in [0.29, 0.717) is 6.10 Å². The Bertz CT molecular complexity index is 173. The molecule has 1 fully saturated rings. The molecule has 0 aromatic rings. The zero-order chi connectivity index (χ0) is 11.3. The molecule has 1 aliphatic heterocycles. The fourth-order valence-corrected chi connectivity index (χ4v) is 2.05. The first kappa shape index (κ1) is 12.9. The molecule has 0 unspecified atom stereocenters. The van der Waals surface area contributed by atoms with Crippen LogP contribution in [0, 0.1) is 5.92 Å². The monoisotopic (exact) mass is 214 g/mol. The standard InChI is InChI=1S/C12H26N2O/c1-5-13(4)9-12-10-14(6-7-15-12)8-11(2)3/h11-12H,5-10H2,1-4H3/t12-/m0/s1. The van der Waals surface area contributed by atoms with E-state index in [1.165, 1.54) is 6.54 Å². The van der Waals surface area contributed by atoms with Gasteiger partial charge in [0.1, 0.15) is 0 Å². The van der Waals surface area contributed by atoms with Crippen LogP contribution in [0.3, 0.4) is 0 Å². The van der Waals surface area contributed by atoms with Gasteiger partial charge in [-0.15, -0.1) is 0 Å². The molecule has 1 aliphatic rings. The molecule has 0 bridgehead atoms. The van der Waals surface area contributed by atoms with Gasteiger partial charge in [-0.1, -0.05) is 20.8 Å². The third kappa shape index (κ3) is 4.96. The number of likely N-dealkylation sites (N-methyl/N-ethyl adjacent to an activating group) is 1. The molecule has 0 aromatic carbocycles. The van der Waals surface area contributed by atoms with E-state index in [0.717, 1.165) is 38.7 Å². The lowest BCUT2D eigenvalue weighted by Gasteiger charge is -2.35. The molecule has 3 nitrogen and oxygen atoms in total. The molecule has 0 radical (unpaired) electrons. The quantitative estimate of drug-likeness (QED) is 0.686. The predicted molar refractivity (Wildman–Crippen MR) is 64.2 cm³/mol. The van der Waals surface area contributed by atoms with Crippen molar-refractivity contribution in [1.29, 1.82) is 0 Å². The third-order valence-corrected chi connectivity index (χ3v) is 2.90. The van der Waals surface area contributed by atoms with Crippen molar-refractivity contribution in [2.24, 2.45) is 5.92 Å². The third-order valence-electron chi connectivity index (χ3n) is 2.90. The predicted octanol–water partition coefficient (Wildman–Crippen LogP) is 1.29. The summed E-state index contributed by atoms with van der Waals surface area (Å²) in [6, 6.07) is 0. The molecule has 1 saturated heterocycles. The molecule has 0 saturated carbocycles. The number of ether oxygens (including phenoxy) is 1. The van der Waals surface area contributed by atoms with E-state index in [1.54, 1.807) is 0 Å². The average Bonchev–Trinajstić information content (AvgIpc) is 2.17. The number of morpholine rings is 1. The molecular weight excluding hydrogens is 188 g/mol. The Morgan fingerprint density at radius 1 is 1.47 bits per heavy atom. The van der Waals surface area contributed by atoms with Crippen molar-refractivity contribution >= 4 is 0 Å². The Kier molecular flexibility index (Phi) is 5.58. The number of hydrogen-bond acceptors (Lipinski definition) is 3. The van der Waals surface area contributed by atoms with E-state index >= 15 is 0 Å². The van der Waals surface area contributed by atoms with Gasteiger partial charge in [0.2, 0.25) is 0 Å². The van der Waals surface area contributed by atoms with Crippen molar-refractivity contribution in [3.63, 3.8) is 0 Å². The summed E-state index contributed by atoms with van der Waals surface area (Å²) in [4.78, 5) is 4.85. The van der Waals surface area contributed by atoms with E-state index in [4.69, 9.17) is 4.74 Å². The van der Waals surface area contributed by atoms with Crippen molar-refractivity contribution in [3.8, 4) is 0 Å². The molecule has 0 aromatic heterocycles. The second-order valence-electron chi connectivity index (χ2n) is 5.00. The van der Waals surface area contributed by atoms with E-state index in [9.17, 15) is 0 Å². The summed E-state index contributed by atoms with van der Waals surface area (Å²) in [7, 11) is 2.16. The number of hydrogen-bond donors (Lipinski definition) is 0. The fourth-order valence-electron chi connectivity index (χ4n) is 2.05. The minimum Gasteiger partial charge on any atom is -0.374 e. The molecule has 0 spiro atoms. The van der Waals surface area contributed by atoms with Gasteiger partial charge in [-0.2, -0.15) is 0 Å². The van der Waals surface area contributed by atoms with Gasteiger partial charge >= 0.3 is 0 Å². The first-order valence-electron chi connectivity index (χ1n) is 6.14. The fraction of sp³-hybridized carbons (Fsp3) is 1.00. The smallest absolute Gasteiger partial charge is 0.0829 e. The highest BCUT2D eigenvalue weighted by molar-refractivity contribution is 4.74. The van der Waals surface area contributed by atoms with Crippen LogP contribution in [0.5, 0.6) is 0 Å². The van der Waals surface area contributed by atoms with Gasteiger partial charge in [-0.05, 0) is 19.5 Å². The number of rotatable bonds is 5. The molecule has 15 heavy (non-hydrogen) atoms. The zero-order valence-electron chi connectivity index (χ0n) is 10.7. The lowest BCUT2D eigenvalue weighted by molar-refractivity contribution is -0.0427. The summed E-state index contributed by atoms with van der Waals surface area (Å²) >= 11 is 0. The average molecular weight is 214 g/mol. The maximum Gasteiger partial charge on any atom is 0.0829 e. The minimum atomic E-state index is 0.405. The molecule has 0 amide bonds. The highest BCUT2D eigenvalue weighted by atomic mass is 16.5. The van der Waals surface area contributed by atoms with Gasteiger partial charge in [0, 0.05) is 26.2 Å². The van der Waals surface area contributed by atoms with Crippen LogP contribution in [-0.2, 0) is 4.74 Å². The highest BCUT2D eigenvalue weighted by Gasteiger charge is 2.21. The molecular formula is C12H26N2O. The van der Waals surface area contributed by atoms with Gasteiger partial charge in [-0.25, -0.2) is 0 Å². The Morgan fingerprint density at radius 3 is 2.80 bits per heavy atom. The second-order valence-corrected chi connectivity index (χ2v) is 5.00. The Morgan fingerprint density at radius 2 is 2.20 bits per heavy atom. The lowest BCUT2D eigenvalue weighted by atomic mass is 10.2. The first-order valence-corrected chi connectivity index (χ1v) is 6.14. The normalized spacial score (nSPS) is 24.0. The van der Waals surface area contributed by atoms with E-state index in [-0.39, 0.29) is 0 Å². The molecule has 3 heteroatoms.